The van der Waals surface area contributed by atoms with Crippen molar-refractivity contribution in [2.24, 2.45) is 0 Å². The molecule has 0 aliphatic rings. The van der Waals surface area contributed by atoms with Gasteiger partial charge in [0.25, 0.3) is 0 Å². The first-order valence-corrected chi connectivity index (χ1v) is 5.10. The van der Waals surface area contributed by atoms with Crippen molar-refractivity contribution in [3.8, 4) is 0 Å². The molecule has 2 aromatic rings. The highest BCUT2D eigenvalue weighted by atomic mass is 19.1. The lowest BCUT2D eigenvalue weighted by Gasteiger charge is -2.16. The van der Waals surface area contributed by atoms with E-state index < -0.39 is 17.7 Å². The van der Waals surface area contributed by atoms with E-state index in [1.807, 2.05) is 0 Å². The minimum atomic E-state index is -0.419. The van der Waals surface area contributed by atoms with E-state index in [4.69, 9.17) is 0 Å². The van der Waals surface area contributed by atoms with E-state index >= 15 is 0 Å². The Bertz CT molecular complexity index is 499. The van der Waals surface area contributed by atoms with Crippen molar-refractivity contribution < 1.29 is 8.78 Å². The molecule has 0 aliphatic heterocycles. The van der Waals surface area contributed by atoms with Crippen LogP contribution >= 0.6 is 0 Å². The zero-order chi connectivity index (χ0) is 12.3. The van der Waals surface area contributed by atoms with Gasteiger partial charge in [-0.1, -0.05) is 0 Å². The highest BCUT2D eigenvalue weighted by Crippen LogP contribution is 2.21. The van der Waals surface area contributed by atoms with Crippen LogP contribution in [0.2, 0.25) is 0 Å². The molecule has 1 N–H and O–H groups in total. The summed E-state index contributed by atoms with van der Waals surface area (Å²) < 4.78 is 26.4. The zero-order valence-electron chi connectivity index (χ0n) is 9.19. The third kappa shape index (κ3) is 2.45. The predicted molar refractivity (Wildman–Crippen MR) is 59.3 cm³/mol. The Morgan fingerprint density at radius 2 is 2.00 bits per heavy atom. The second-order valence-corrected chi connectivity index (χ2v) is 3.52. The fraction of sp³-hybridized carbons (Fsp3) is 0.167. The largest absolute Gasteiger partial charge is 0.308 e. The fourth-order valence-corrected chi connectivity index (χ4v) is 1.64. The zero-order valence-corrected chi connectivity index (χ0v) is 9.19. The predicted octanol–water partition coefficient (Wildman–Crippen LogP) is 2.06. The number of hydrogen-bond acceptors (Lipinski definition) is 3. The van der Waals surface area contributed by atoms with Crippen LogP contribution in [-0.4, -0.2) is 17.0 Å². The van der Waals surface area contributed by atoms with Crippen LogP contribution in [0.3, 0.4) is 0 Å². The summed E-state index contributed by atoms with van der Waals surface area (Å²) in [5.41, 5.74) is 0.987. The molecule has 0 amide bonds. The molecule has 2 aromatic heterocycles. The molecule has 88 valence electrons. The van der Waals surface area contributed by atoms with Gasteiger partial charge in [-0.2, -0.15) is 0 Å². The van der Waals surface area contributed by atoms with Crippen LogP contribution < -0.4 is 5.32 Å². The lowest BCUT2D eigenvalue weighted by molar-refractivity contribution is 0.562. The Hall–Kier alpha value is -1.88. The average molecular weight is 235 g/mol. The third-order valence-corrected chi connectivity index (χ3v) is 2.45. The number of nitrogens with zero attached hydrogens (tertiary/aromatic N) is 2. The summed E-state index contributed by atoms with van der Waals surface area (Å²) in [6.07, 6.45) is 3.76. The summed E-state index contributed by atoms with van der Waals surface area (Å²) in [5.74, 6) is -0.836. The summed E-state index contributed by atoms with van der Waals surface area (Å²) in [6, 6.07) is 3.97. The molecule has 0 fully saturated rings. The van der Waals surface area contributed by atoms with Crippen LogP contribution in [0.5, 0.6) is 0 Å². The Morgan fingerprint density at radius 1 is 1.18 bits per heavy atom. The van der Waals surface area contributed by atoms with Crippen molar-refractivity contribution >= 4 is 0 Å². The second kappa shape index (κ2) is 4.97. The minimum absolute atomic E-state index is 0.418. The van der Waals surface area contributed by atoms with Crippen molar-refractivity contribution in [1.82, 2.24) is 15.3 Å². The molecule has 0 bridgehead atoms. The molecule has 1 atom stereocenters. The molecule has 0 radical (unpaired) electrons. The summed E-state index contributed by atoms with van der Waals surface area (Å²) >= 11 is 0. The monoisotopic (exact) mass is 235 g/mol. The molecule has 2 heterocycles. The van der Waals surface area contributed by atoms with Gasteiger partial charge in [0.2, 0.25) is 0 Å². The van der Waals surface area contributed by atoms with Crippen molar-refractivity contribution in [1.29, 1.82) is 0 Å². The van der Waals surface area contributed by atoms with E-state index in [2.05, 4.69) is 15.3 Å². The van der Waals surface area contributed by atoms with Crippen molar-refractivity contribution in [3.63, 3.8) is 0 Å². The molecular weight excluding hydrogens is 224 g/mol. The quantitative estimate of drug-likeness (QED) is 0.884. The molecule has 0 saturated carbocycles. The van der Waals surface area contributed by atoms with Crippen LogP contribution in [0.25, 0.3) is 0 Å². The van der Waals surface area contributed by atoms with E-state index in [9.17, 15) is 8.78 Å². The first kappa shape index (κ1) is 11.6. The van der Waals surface area contributed by atoms with Gasteiger partial charge in [0.15, 0.2) is 0 Å². The van der Waals surface area contributed by atoms with Gasteiger partial charge in [-0.25, -0.2) is 8.78 Å². The normalized spacial score (nSPS) is 12.4. The number of aromatic nitrogens is 2. The van der Waals surface area contributed by atoms with Crippen molar-refractivity contribution in [2.45, 2.75) is 6.04 Å². The number of halogens is 2. The number of nitrogens with one attached hydrogen (secondary N) is 1. The Balaban J connectivity index is 2.40. The molecular formula is C12H11F2N3. The first-order chi connectivity index (χ1) is 8.22. The van der Waals surface area contributed by atoms with E-state index in [-0.39, 0.29) is 0 Å². The standard InChI is InChI=1S/C12H11F2N3/c1-15-12(9-4-5-16-7-10(9)14)11-3-2-8(13)6-17-11/h2-7,12,15H,1H3. The van der Waals surface area contributed by atoms with Crippen LogP contribution in [0.15, 0.2) is 36.8 Å². The Kier molecular flexibility index (Phi) is 3.39. The van der Waals surface area contributed by atoms with Gasteiger partial charge in [-0.15, -0.1) is 0 Å². The Labute approximate surface area is 97.5 Å². The lowest BCUT2D eigenvalue weighted by Crippen LogP contribution is -2.20. The van der Waals surface area contributed by atoms with Crippen LogP contribution in [0, 0.1) is 11.6 Å². The average Bonchev–Trinajstić information content (AvgIpc) is 2.35. The number of pyridine rings is 2. The van der Waals surface area contributed by atoms with Gasteiger partial charge < -0.3 is 5.32 Å². The van der Waals surface area contributed by atoms with Crippen LogP contribution in [0.1, 0.15) is 17.3 Å². The Morgan fingerprint density at radius 3 is 2.59 bits per heavy atom. The molecule has 0 saturated heterocycles. The molecule has 0 aliphatic carbocycles. The molecule has 0 aromatic carbocycles. The number of hydrogen-bond donors (Lipinski definition) is 1. The SMILES string of the molecule is CNC(c1ccc(F)cn1)c1ccncc1F. The molecule has 0 spiro atoms. The van der Waals surface area contributed by atoms with Gasteiger partial charge in [-0.05, 0) is 25.2 Å². The summed E-state index contributed by atoms with van der Waals surface area (Å²) in [6.45, 7) is 0. The second-order valence-electron chi connectivity index (χ2n) is 3.52. The van der Waals surface area contributed by atoms with Crippen LogP contribution in [-0.2, 0) is 0 Å². The van der Waals surface area contributed by atoms with E-state index in [1.165, 1.54) is 18.3 Å². The third-order valence-electron chi connectivity index (χ3n) is 2.45. The van der Waals surface area contributed by atoms with E-state index in [0.29, 0.717) is 11.3 Å². The van der Waals surface area contributed by atoms with Gasteiger partial charge >= 0.3 is 0 Å². The van der Waals surface area contributed by atoms with Crippen molar-refractivity contribution in [3.05, 3.63) is 59.7 Å². The number of rotatable bonds is 3. The maximum Gasteiger partial charge on any atom is 0.146 e. The first-order valence-electron chi connectivity index (χ1n) is 5.10. The van der Waals surface area contributed by atoms with Gasteiger partial charge in [0.05, 0.1) is 24.1 Å². The highest BCUT2D eigenvalue weighted by Gasteiger charge is 2.17. The van der Waals surface area contributed by atoms with Crippen molar-refractivity contribution in [2.75, 3.05) is 7.05 Å². The summed E-state index contributed by atoms with van der Waals surface area (Å²) in [7, 11) is 1.69. The van der Waals surface area contributed by atoms with E-state index in [1.54, 1.807) is 13.1 Å². The van der Waals surface area contributed by atoms with Gasteiger partial charge in [-0.3, -0.25) is 9.97 Å². The lowest BCUT2D eigenvalue weighted by atomic mass is 10.0. The summed E-state index contributed by atoms with van der Waals surface area (Å²) in [5, 5.41) is 2.94. The maximum atomic E-state index is 13.6. The minimum Gasteiger partial charge on any atom is -0.308 e. The molecule has 3 nitrogen and oxygen atoms in total. The van der Waals surface area contributed by atoms with Gasteiger partial charge in [0, 0.05) is 11.8 Å². The van der Waals surface area contributed by atoms with Crippen LogP contribution in [0.4, 0.5) is 8.78 Å². The topological polar surface area (TPSA) is 37.8 Å². The molecule has 1 unspecified atom stereocenters. The summed E-state index contributed by atoms with van der Waals surface area (Å²) in [4.78, 5) is 7.63. The van der Waals surface area contributed by atoms with E-state index in [0.717, 1.165) is 12.4 Å². The highest BCUT2D eigenvalue weighted by molar-refractivity contribution is 5.27. The molecule has 5 heteroatoms. The molecule has 17 heavy (non-hydrogen) atoms. The molecule has 2 rings (SSSR count). The maximum absolute atomic E-state index is 13.6. The smallest absolute Gasteiger partial charge is 0.146 e. The fourth-order valence-electron chi connectivity index (χ4n) is 1.64. The van der Waals surface area contributed by atoms with Gasteiger partial charge in [0.1, 0.15) is 11.6 Å².